The molecule has 1 aromatic heterocycles. The zero-order valence-electron chi connectivity index (χ0n) is 6.14. The molecular weight excluding hydrogens is 164 g/mol. The van der Waals surface area contributed by atoms with Gasteiger partial charge in [0.1, 0.15) is 11.5 Å². The fraction of sp³-hybridized carbons (Fsp3) is 0.571. The van der Waals surface area contributed by atoms with E-state index in [0.717, 1.165) is 0 Å². The van der Waals surface area contributed by atoms with E-state index in [0.29, 0.717) is 12.0 Å². The van der Waals surface area contributed by atoms with Crippen molar-refractivity contribution in [2.45, 2.75) is 18.3 Å². The summed E-state index contributed by atoms with van der Waals surface area (Å²) in [6.07, 6.45) is 0.559. The number of hydrogen-bond donors (Lipinski definition) is 2. The van der Waals surface area contributed by atoms with Gasteiger partial charge in [-0.15, -0.1) is 0 Å². The average molecular weight is 171 g/mol. The molecule has 12 heavy (non-hydrogen) atoms. The van der Waals surface area contributed by atoms with Gasteiger partial charge in [0.15, 0.2) is 0 Å². The van der Waals surface area contributed by atoms with E-state index in [1.807, 2.05) is 0 Å². The second-order valence-corrected chi connectivity index (χ2v) is 3.47. The maximum atomic E-state index is 13.3. The molecule has 1 aromatic rings. The molecule has 1 unspecified atom stereocenters. The SMILES string of the molecule is Nc1n[nH]c2c1C1C[C@H]1C2(F)F. The molecule has 2 atom stereocenters. The lowest BCUT2D eigenvalue weighted by Crippen LogP contribution is -2.13. The standard InChI is InChI=1S/C7H7F2N3/c8-7(9)3-1-2(3)4-5(7)11-12-6(4)10/h2-3H,1H2,(H3,10,11,12)/t2?,3-/m1/s1. The van der Waals surface area contributed by atoms with Crippen molar-refractivity contribution in [2.24, 2.45) is 5.92 Å². The molecule has 1 fully saturated rings. The lowest BCUT2D eigenvalue weighted by molar-refractivity contribution is -0.0268. The van der Waals surface area contributed by atoms with Gasteiger partial charge in [0.25, 0.3) is 5.92 Å². The number of alkyl halides is 2. The van der Waals surface area contributed by atoms with Crippen LogP contribution in [0.25, 0.3) is 0 Å². The number of nitrogens with two attached hydrogens (primary N) is 1. The van der Waals surface area contributed by atoms with E-state index < -0.39 is 11.8 Å². The minimum absolute atomic E-state index is 0.0336. The molecule has 2 aliphatic rings. The number of nitrogens with zero attached hydrogens (tertiary/aromatic N) is 1. The summed E-state index contributed by atoms with van der Waals surface area (Å²) in [6.45, 7) is 0. The largest absolute Gasteiger partial charge is 0.382 e. The van der Waals surface area contributed by atoms with Crippen molar-refractivity contribution in [3.63, 3.8) is 0 Å². The highest BCUT2D eigenvalue weighted by atomic mass is 19.3. The number of H-pyrrole nitrogens is 1. The molecule has 3 N–H and O–H groups in total. The Hall–Kier alpha value is -1.13. The third-order valence-electron chi connectivity index (χ3n) is 2.79. The summed E-state index contributed by atoms with van der Waals surface area (Å²) >= 11 is 0. The summed E-state index contributed by atoms with van der Waals surface area (Å²) in [5, 5.41) is 5.90. The summed E-state index contributed by atoms with van der Waals surface area (Å²) in [7, 11) is 0. The van der Waals surface area contributed by atoms with Crippen LogP contribution in [0.3, 0.4) is 0 Å². The second kappa shape index (κ2) is 1.48. The molecule has 0 bridgehead atoms. The van der Waals surface area contributed by atoms with Crippen molar-refractivity contribution < 1.29 is 8.78 Å². The van der Waals surface area contributed by atoms with Crippen LogP contribution < -0.4 is 5.73 Å². The summed E-state index contributed by atoms with van der Waals surface area (Å²) in [4.78, 5) is 0. The maximum Gasteiger partial charge on any atom is 0.292 e. The van der Waals surface area contributed by atoms with Gasteiger partial charge < -0.3 is 5.73 Å². The van der Waals surface area contributed by atoms with Crippen LogP contribution >= 0.6 is 0 Å². The molecule has 3 nitrogen and oxygen atoms in total. The molecule has 0 aromatic carbocycles. The van der Waals surface area contributed by atoms with Gasteiger partial charge in [0.2, 0.25) is 0 Å². The van der Waals surface area contributed by atoms with E-state index in [1.165, 1.54) is 0 Å². The van der Waals surface area contributed by atoms with Gasteiger partial charge in [-0.25, -0.2) is 0 Å². The minimum atomic E-state index is -2.72. The molecule has 0 radical (unpaired) electrons. The second-order valence-electron chi connectivity index (χ2n) is 3.47. The van der Waals surface area contributed by atoms with Crippen LogP contribution in [-0.4, -0.2) is 10.2 Å². The van der Waals surface area contributed by atoms with Crippen molar-refractivity contribution in [3.05, 3.63) is 11.3 Å². The highest BCUT2D eigenvalue weighted by molar-refractivity contribution is 5.54. The van der Waals surface area contributed by atoms with E-state index in [1.54, 1.807) is 0 Å². The van der Waals surface area contributed by atoms with Crippen molar-refractivity contribution >= 4 is 5.82 Å². The number of aromatic nitrogens is 2. The van der Waals surface area contributed by atoms with Crippen LogP contribution in [0.15, 0.2) is 0 Å². The first kappa shape index (κ1) is 6.39. The highest BCUT2D eigenvalue weighted by Gasteiger charge is 2.65. The number of halogens is 2. The van der Waals surface area contributed by atoms with Gasteiger partial charge in [-0.3, -0.25) is 5.10 Å². The van der Waals surface area contributed by atoms with Crippen LogP contribution in [0.4, 0.5) is 14.6 Å². The number of nitrogens with one attached hydrogen (secondary N) is 1. The summed E-state index contributed by atoms with van der Waals surface area (Å²) in [6, 6.07) is 0. The maximum absolute atomic E-state index is 13.3. The van der Waals surface area contributed by atoms with E-state index in [-0.39, 0.29) is 17.4 Å². The van der Waals surface area contributed by atoms with Crippen molar-refractivity contribution in [3.8, 4) is 0 Å². The van der Waals surface area contributed by atoms with Gasteiger partial charge in [-0.1, -0.05) is 0 Å². The molecule has 0 amide bonds. The van der Waals surface area contributed by atoms with Crippen LogP contribution in [0.5, 0.6) is 0 Å². The van der Waals surface area contributed by atoms with Gasteiger partial charge in [0.05, 0.1) is 0 Å². The Morgan fingerprint density at radius 1 is 1.58 bits per heavy atom. The van der Waals surface area contributed by atoms with E-state index in [4.69, 9.17) is 5.73 Å². The lowest BCUT2D eigenvalue weighted by Gasteiger charge is -2.09. The molecule has 5 heteroatoms. The molecule has 0 saturated heterocycles. The molecule has 0 aliphatic heterocycles. The van der Waals surface area contributed by atoms with Gasteiger partial charge in [-0.05, 0) is 12.3 Å². The van der Waals surface area contributed by atoms with Gasteiger partial charge >= 0.3 is 0 Å². The van der Waals surface area contributed by atoms with E-state index in [2.05, 4.69) is 10.2 Å². The number of nitrogen functional groups attached to an aromatic ring is 1. The third-order valence-corrected chi connectivity index (χ3v) is 2.79. The van der Waals surface area contributed by atoms with Crippen LogP contribution in [-0.2, 0) is 5.92 Å². The molecule has 64 valence electrons. The molecule has 0 spiro atoms. The summed E-state index contributed by atoms with van der Waals surface area (Å²) < 4.78 is 26.5. The highest BCUT2D eigenvalue weighted by Crippen LogP contribution is 2.67. The molecule has 1 saturated carbocycles. The first-order valence-electron chi connectivity index (χ1n) is 3.84. The Bertz CT molecular complexity index is 358. The first-order chi connectivity index (χ1) is 5.62. The average Bonchev–Trinajstić information content (AvgIpc) is 2.64. The van der Waals surface area contributed by atoms with Gasteiger partial charge in [-0.2, -0.15) is 13.9 Å². The Morgan fingerprint density at radius 2 is 2.33 bits per heavy atom. The van der Waals surface area contributed by atoms with Crippen LogP contribution in [0.1, 0.15) is 23.6 Å². The number of anilines is 1. The van der Waals surface area contributed by atoms with Crippen LogP contribution in [0, 0.1) is 5.92 Å². The number of aromatic amines is 1. The first-order valence-corrected chi connectivity index (χ1v) is 3.84. The number of rotatable bonds is 0. The smallest absolute Gasteiger partial charge is 0.292 e. The predicted molar refractivity (Wildman–Crippen MR) is 37.7 cm³/mol. The Labute approximate surface area is 66.9 Å². The Balaban J connectivity index is 2.27. The van der Waals surface area contributed by atoms with Crippen molar-refractivity contribution in [1.29, 1.82) is 0 Å². The summed E-state index contributed by atoms with van der Waals surface area (Å²) in [5.74, 6) is -3.02. The predicted octanol–water partition coefficient (Wildman–Crippen LogP) is 1.20. The Kier molecular flexibility index (Phi) is 0.791. The molecule has 1 heterocycles. The monoisotopic (exact) mass is 171 g/mol. The normalized spacial score (nSPS) is 34.5. The van der Waals surface area contributed by atoms with E-state index >= 15 is 0 Å². The van der Waals surface area contributed by atoms with Crippen molar-refractivity contribution in [1.82, 2.24) is 10.2 Å². The number of hydrogen-bond acceptors (Lipinski definition) is 2. The zero-order chi connectivity index (χ0) is 8.51. The Morgan fingerprint density at radius 3 is 3.00 bits per heavy atom. The fourth-order valence-electron chi connectivity index (χ4n) is 2.09. The minimum Gasteiger partial charge on any atom is -0.382 e. The third kappa shape index (κ3) is 0.479. The van der Waals surface area contributed by atoms with Crippen molar-refractivity contribution in [2.75, 3.05) is 5.73 Å². The van der Waals surface area contributed by atoms with E-state index in [9.17, 15) is 8.78 Å². The quantitative estimate of drug-likeness (QED) is 0.616. The summed E-state index contributed by atoms with van der Waals surface area (Å²) in [5.41, 5.74) is 5.96. The van der Waals surface area contributed by atoms with Crippen LogP contribution in [0.2, 0.25) is 0 Å². The fourth-order valence-corrected chi connectivity index (χ4v) is 2.09. The lowest BCUT2D eigenvalue weighted by atomic mass is 10.1. The zero-order valence-corrected chi connectivity index (χ0v) is 6.14. The molecule has 2 aliphatic carbocycles. The van der Waals surface area contributed by atoms with Gasteiger partial charge in [0, 0.05) is 11.5 Å². The molecular formula is C7H7F2N3. The number of fused-ring (bicyclic) bond motifs is 3. The topological polar surface area (TPSA) is 54.7 Å². The molecule has 3 rings (SSSR count).